The molecule has 0 radical (unpaired) electrons. The maximum Gasteiger partial charge on any atom is 0.320 e. The standard InChI is InChI=1S/C17H35NO3/c1-4-5-6-7-8-9-10-11-12-15(19)13-18-16(14(2)3)17(20)21/h14-16,18-19H,4-13H2,1-3H3,(H,20,21)/t15?,16-/m0/s1. The van der Waals surface area contributed by atoms with Gasteiger partial charge in [0.1, 0.15) is 6.04 Å². The highest BCUT2D eigenvalue weighted by atomic mass is 16.4. The molecule has 3 N–H and O–H groups in total. The molecule has 126 valence electrons. The van der Waals surface area contributed by atoms with Crippen LogP contribution >= 0.6 is 0 Å². The number of hydrogen-bond acceptors (Lipinski definition) is 3. The van der Waals surface area contributed by atoms with Crippen LogP contribution in [-0.2, 0) is 4.79 Å². The Morgan fingerprint density at radius 3 is 2.00 bits per heavy atom. The molecule has 0 rings (SSSR count). The third-order valence-electron chi connectivity index (χ3n) is 3.90. The summed E-state index contributed by atoms with van der Waals surface area (Å²) in [6.45, 7) is 6.34. The molecule has 0 aliphatic heterocycles. The number of aliphatic hydroxyl groups is 1. The van der Waals surface area contributed by atoms with Gasteiger partial charge >= 0.3 is 5.97 Å². The Balaban J connectivity index is 3.53. The lowest BCUT2D eigenvalue weighted by Crippen LogP contribution is -2.44. The van der Waals surface area contributed by atoms with E-state index in [1.807, 2.05) is 13.8 Å². The van der Waals surface area contributed by atoms with Gasteiger partial charge in [-0.1, -0.05) is 72.1 Å². The highest BCUT2D eigenvalue weighted by Crippen LogP contribution is 2.11. The number of carboxylic acids is 1. The topological polar surface area (TPSA) is 69.6 Å². The Labute approximate surface area is 130 Å². The summed E-state index contributed by atoms with van der Waals surface area (Å²) < 4.78 is 0. The van der Waals surface area contributed by atoms with Crippen molar-refractivity contribution in [1.82, 2.24) is 5.32 Å². The lowest BCUT2D eigenvalue weighted by molar-refractivity contribution is -0.140. The average molecular weight is 301 g/mol. The van der Waals surface area contributed by atoms with Gasteiger partial charge in [-0.15, -0.1) is 0 Å². The summed E-state index contributed by atoms with van der Waals surface area (Å²) in [5.74, 6) is -0.817. The Kier molecular flexibility index (Phi) is 12.7. The zero-order valence-electron chi connectivity index (χ0n) is 14.1. The van der Waals surface area contributed by atoms with Crippen molar-refractivity contribution in [3.05, 3.63) is 0 Å². The van der Waals surface area contributed by atoms with Crippen molar-refractivity contribution in [1.29, 1.82) is 0 Å². The Morgan fingerprint density at radius 2 is 1.52 bits per heavy atom. The fraction of sp³-hybridized carbons (Fsp3) is 0.941. The first-order valence-electron chi connectivity index (χ1n) is 8.63. The van der Waals surface area contributed by atoms with E-state index in [0.29, 0.717) is 6.54 Å². The van der Waals surface area contributed by atoms with Gasteiger partial charge in [0.15, 0.2) is 0 Å². The monoisotopic (exact) mass is 301 g/mol. The maximum absolute atomic E-state index is 11.0. The molecule has 0 aliphatic rings. The third kappa shape index (κ3) is 11.7. The summed E-state index contributed by atoms with van der Waals surface area (Å²) in [5.41, 5.74) is 0. The predicted octanol–water partition coefficient (Wildman–Crippen LogP) is 3.58. The smallest absolute Gasteiger partial charge is 0.320 e. The lowest BCUT2D eigenvalue weighted by Gasteiger charge is -2.20. The van der Waals surface area contributed by atoms with E-state index in [9.17, 15) is 9.90 Å². The molecule has 0 saturated carbocycles. The van der Waals surface area contributed by atoms with Crippen molar-refractivity contribution in [3.63, 3.8) is 0 Å². The number of carbonyl (C=O) groups is 1. The van der Waals surface area contributed by atoms with E-state index in [2.05, 4.69) is 12.2 Å². The van der Waals surface area contributed by atoms with Crippen LogP contribution in [-0.4, -0.2) is 34.9 Å². The molecule has 1 unspecified atom stereocenters. The molecule has 0 aromatic heterocycles. The summed E-state index contributed by atoms with van der Waals surface area (Å²) in [6.07, 6.45) is 10.3. The van der Waals surface area contributed by atoms with Gasteiger partial charge in [-0.2, -0.15) is 0 Å². The first-order chi connectivity index (χ1) is 9.99. The fourth-order valence-electron chi connectivity index (χ4n) is 2.49. The van der Waals surface area contributed by atoms with E-state index in [-0.39, 0.29) is 5.92 Å². The zero-order chi connectivity index (χ0) is 16.1. The molecular formula is C17H35NO3. The van der Waals surface area contributed by atoms with E-state index in [4.69, 9.17) is 5.11 Å². The van der Waals surface area contributed by atoms with Gasteiger partial charge in [-0.05, 0) is 12.3 Å². The van der Waals surface area contributed by atoms with Crippen LogP contribution in [0.25, 0.3) is 0 Å². The number of carboxylic acid groups (broad SMARTS) is 1. The number of nitrogens with one attached hydrogen (secondary N) is 1. The van der Waals surface area contributed by atoms with Crippen LogP contribution in [0.3, 0.4) is 0 Å². The van der Waals surface area contributed by atoms with Crippen LogP contribution in [0, 0.1) is 5.92 Å². The molecule has 0 bridgehead atoms. The van der Waals surface area contributed by atoms with Crippen molar-refractivity contribution >= 4 is 5.97 Å². The minimum Gasteiger partial charge on any atom is -0.480 e. The largest absolute Gasteiger partial charge is 0.480 e. The minimum absolute atomic E-state index is 0.0258. The average Bonchev–Trinajstić information content (AvgIpc) is 2.41. The SMILES string of the molecule is CCCCCCCCCCC(O)CN[C@H](C(=O)O)C(C)C. The summed E-state index contributed by atoms with van der Waals surface area (Å²) >= 11 is 0. The quantitative estimate of drug-likeness (QED) is 0.429. The molecule has 21 heavy (non-hydrogen) atoms. The summed E-state index contributed by atoms with van der Waals surface area (Å²) in [7, 11) is 0. The molecule has 4 heteroatoms. The second kappa shape index (κ2) is 13.1. The van der Waals surface area contributed by atoms with E-state index < -0.39 is 18.1 Å². The van der Waals surface area contributed by atoms with Gasteiger partial charge in [0.2, 0.25) is 0 Å². The maximum atomic E-state index is 11.0. The van der Waals surface area contributed by atoms with E-state index >= 15 is 0 Å². The molecule has 2 atom stereocenters. The summed E-state index contributed by atoms with van der Waals surface area (Å²) in [6, 6.07) is -0.571. The molecule has 0 amide bonds. The molecule has 4 nitrogen and oxygen atoms in total. The van der Waals surface area contributed by atoms with Crippen LogP contribution < -0.4 is 5.32 Å². The number of aliphatic carboxylic acids is 1. The van der Waals surface area contributed by atoms with Crippen molar-refractivity contribution in [2.75, 3.05) is 6.54 Å². The zero-order valence-corrected chi connectivity index (χ0v) is 14.1. The number of hydrogen-bond donors (Lipinski definition) is 3. The van der Waals surface area contributed by atoms with Crippen LogP contribution in [0.15, 0.2) is 0 Å². The van der Waals surface area contributed by atoms with Crippen molar-refractivity contribution in [2.24, 2.45) is 5.92 Å². The molecule has 0 saturated heterocycles. The molecule has 0 aromatic rings. The molecule has 0 spiro atoms. The van der Waals surface area contributed by atoms with Gasteiger partial charge in [0, 0.05) is 6.54 Å². The van der Waals surface area contributed by atoms with Crippen molar-refractivity contribution in [3.8, 4) is 0 Å². The van der Waals surface area contributed by atoms with Gasteiger partial charge in [-0.3, -0.25) is 4.79 Å². The van der Waals surface area contributed by atoms with Crippen LogP contribution in [0.1, 0.15) is 78.6 Å². The summed E-state index contributed by atoms with van der Waals surface area (Å²) in [5, 5.41) is 21.9. The predicted molar refractivity (Wildman–Crippen MR) is 87.5 cm³/mol. The van der Waals surface area contributed by atoms with E-state index in [1.54, 1.807) is 0 Å². The normalized spacial score (nSPS) is 14.3. The van der Waals surface area contributed by atoms with Gasteiger partial charge in [0.25, 0.3) is 0 Å². The van der Waals surface area contributed by atoms with Gasteiger partial charge < -0.3 is 15.5 Å². The first kappa shape index (κ1) is 20.4. The van der Waals surface area contributed by atoms with Crippen molar-refractivity contribution in [2.45, 2.75) is 90.7 Å². The number of rotatable bonds is 14. The van der Waals surface area contributed by atoms with E-state index in [0.717, 1.165) is 19.3 Å². The molecule has 0 aliphatic carbocycles. The number of unbranched alkanes of at least 4 members (excludes halogenated alkanes) is 7. The van der Waals surface area contributed by atoms with E-state index in [1.165, 1.54) is 38.5 Å². The Bertz CT molecular complexity index is 256. The first-order valence-corrected chi connectivity index (χ1v) is 8.63. The van der Waals surface area contributed by atoms with Gasteiger partial charge in [-0.25, -0.2) is 0 Å². The molecular weight excluding hydrogens is 266 g/mol. The third-order valence-corrected chi connectivity index (χ3v) is 3.90. The molecule has 0 fully saturated rings. The second-order valence-corrected chi connectivity index (χ2v) is 6.39. The lowest BCUT2D eigenvalue weighted by atomic mass is 10.0. The number of aliphatic hydroxyl groups excluding tert-OH is 1. The van der Waals surface area contributed by atoms with Crippen LogP contribution in [0.5, 0.6) is 0 Å². The molecule has 0 heterocycles. The Morgan fingerprint density at radius 1 is 1.00 bits per heavy atom. The van der Waals surface area contributed by atoms with Crippen molar-refractivity contribution < 1.29 is 15.0 Å². The van der Waals surface area contributed by atoms with Crippen LogP contribution in [0.4, 0.5) is 0 Å². The Hall–Kier alpha value is -0.610. The fourth-order valence-corrected chi connectivity index (χ4v) is 2.49. The highest BCUT2D eigenvalue weighted by Gasteiger charge is 2.21. The minimum atomic E-state index is -0.843. The second-order valence-electron chi connectivity index (χ2n) is 6.39. The summed E-state index contributed by atoms with van der Waals surface area (Å²) in [4.78, 5) is 11.0. The van der Waals surface area contributed by atoms with Gasteiger partial charge in [0.05, 0.1) is 6.10 Å². The highest BCUT2D eigenvalue weighted by molar-refractivity contribution is 5.73. The molecule has 0 aromatic carbocycles. The van der Waals surface area contributed by atoms with Crippen LogP contribution in [0.2, 0.25) is 0 Å².